The second-order valence-corrected chi connectivity index (χ2v) is 7.45. The molecule has 2 unspecified atom stereocenters. The highest BCUT2D eigenvalue weighted by atomic mass is 32.2. The average Bonchev–Trinajstić information content (AvgIpc) is 2.91. The van der Waals surface area contributed by atoms with Gasteiger partial charge in [0, 0.05) is 27.2 Å². The Morgan fingerprint density at radius 1 is 1.19 bits per heavy atom. The predicted octanol–water partition coefficient (Wildman–Crippen LogP) is 3.38. The molecule has 0 spiro atoms. The zero-order valence-electron chi connectivity index (χ0n) is 11.2. The van der Waals surface area contributed by atoms with Gasteiger partial charge in [-0.3, -0.25) is 4.21 Å². The Bertz CT molecular complexity index is 695. The zero-order chi connectivity index (χ0) is 14.8. The van der Waals surface area contributed by atoms with Gasteiger partial charge < -0.3 is 5.11 Å². The predicted molar refractivity (Wildman–Crippen MR) is 84.6 cm³/mol. The molecule has 108 valence electrons. The van der Waals surface area contributed by atoms with E-state index in [1.807, 2.05) is 23.9 Å². The highest BCUT2D eigenvalue weighted by molar-refractivity contribution is 7.99. The summed E-state index contributed by atoms with van der Waals surface area (Å²) in [5.74, 6) is 0.869. The molecule has 1 aliphatic rings. The lowest BCUT2D eigenvalue weighted by molar-refractivity contribution is 0.0697. The maximum Gasteiger partial charge on any atom is 0.335 e. The number of hydrogen-bond donors (Lipinski definition) is 1. The van der Waals surface area contributed by atoms with Crippen molar-refractivity contribution < 1.29 is 14.1 Å². The van der Waals surface area contributed by atoms with Crippen LogP contribution in [-0.2, 0) is 10.8 Å². The Morgan fingerprint density at radius 3 is 2.62 bits per heavy atom. The highest BCUT2D eigenvalue weighted by Crippen LogP contribution is 2.40. The van der Waals surface area contributed by atoms with Crippen LogP contribution in [0.15, 0.2) is 58.3 Å². The summed E-state index contributed by atoms with van der Waals surface area (Å²) in [5.41, 5.74) is 1.50. The van der Waals surface area contributed by atoms with Crippen LogP contribution in [-0.4, -0.2) is 26.8 Å². The van der Waals surface area contributed by atoms with Crippen molar-refractivity contribution in [3.8, 4) is 0 Å². The lowest BCUT2D eigenvalue weighted by atomic mass is 10.0. The molecule has 0 bridgehead atoms. The van der Waals surface area contributed by atoms with E-state index >= 15 is 0 Å². The van der Waals surface area contributed by atoms with Gasteiger partial charge in [0.1, 0.15) is 0 Å². The minimum absolute atomic E-state index is 0.220. The summed E-state index contributed by atoms with van der Waals surface area (Å²) in [7, 11) is -1.11. The molecular weight excluding hydrogens is 304 g/mol. The molecule has 3 rings (SSSR count). The number of carbonyl (C=O) groups is 1. The van der Waals surface area contributed by atoms with Gasteiger partial charge in [-0.25, -0.2) is 4.79 Å². The number of rotatable bonds is 4. The van der Waals surface area contributed by atoms with E-state index in [-0.39, 0.29) is 5.56 Å². The number of thioether (sulfide) groups is 1. The molecule has 1 aliphatic heterocycles. The third kappa shape index (κ3) is 3.04. The first-order chi connectivity index (χ1) is 10.1. The number of carboxylic acids is 1. The molecule has 0 saturated heterocycles. The molecule has 0 fully saturated rings. The van der Waals surface area contributed by atoms with Gasteiger partial charge in [-0.15, -0.1) is 11.8 Å². The van der Waals surface area contributed by atoms with Gasteiger partial charge in [-0.1, -0.05) is 18.2 Å². The Kier molecular flexibility index (Phi) is 4.12. The molecule has 2 aromatic carbocycles. The van der Waals surface area contributed by atoms with Crippen LogP contribution in [0.4, 0.5) is 0 Å². The number of fused-ring (bicyclic) bond motifs is 1. The lowest BCUT2D eigenvalue weighted by Crippen LogP contribution is -2.09. The van der Waals surface area contributed by atoms with E-state index < -0.39 is 16.8 Å². The van der Waals surface area contributed by atoms with Gasteiger partial charge in [0.25, 0.3) is 0 Å². The van der Waals surface area contributed by atoms with Gasteiger partial charge in [-0.2, -0.15) is 0 Å². The topological polar surface area (TPSA) is 54.4 Å². The van der Waals surface area contributed by atoms with Crippen molar-refractivity contribution >= 4 is 28.5 Å². The quantitative estimate of drug-likeness (QED) is 0.939. The monoisotopic (exact) mass is 318 g/mol. The number of aromatic carboxylic acids is 1. The Hall–Kier alpha value is -1.59. The minimum atomic E-state index is -1.11. The van der Waals surface area contributed by atoms with E-state index in [1.54, 1.807) is 12.1 Å². The van der Waals surface area contributed by atoms with Crippen molar-refractivity contribution in [3.63, 3.8) is 0 Å². The molecule has 0 aromatic heterocycles. The molecule has 21 heavy (non-hydrogen) atoms. The van der Waals surface area contributed by atoms with E-state index in [1.165, 1.54) is 22.6 Å². The number of benzene rings is 2. The van der Waals surface area contributed by atoms with Crippen molar-refractivity contribution in [1.82, 2.24) is 0 Å². The van der Waals surface area contributed by atoms with E-state index in [4.69, 9.17) is 5.11 Å². The molecule has 5 heteroatoms. The smallest absolute Gasteiger partial charge is 0.335 e. The first kappa shape index (κ1) is 14.4. The van der Waals surface area contributed by atoms with Crippen LogP contribution >= 0.6 is 11.8 Å². The second kappa shape index (κ2) is 6.03. The molecule has 1 N–H and O–H groups in total. The molecule has 0 radical (unpaired) electrons. The maximum atomic E-state index is 12.4. The van der Waals surface area contributed by atoms with Crippen LogP contribution in [0.2, 0.25) is 0 Å². The van der Waals surface area contributed by atoms with Crippen LogP contribution in [0.1, 0.15) is 21.8 Å². The summed E-state index contributed by atoms with van der Waals surface area (Å²) < 4.78 is 12.4. The summed E-state index contributed by atoms with van der Waals surface area (Å²) in [6, 6.07) is 14.5. The molecule has 1 heterocycles. The highest BCUT2D eigenvalue weighted by Gasteiger charge is 2.24. The van der Waals surface area contributed by atoms with E-state index in [0.29, 0.717) is 16.6 Å². The third-order valence-electron chi connectivity index (χ3n) is 3.52. The largest absolute Gasteiger partial charge is 0.478 e. The fourth-order valence-corrected chi connectivity index (χ4v) is 5.09. The standard InChI is InChI=1S/C16H14O3S2/c17-16(18)11-5-7-13(8-6-11)21(19)10-12-9-20-15-4-2-1-3-14(12)15/h1-8,12H,9-10H2,(H,17,18). The summed E-state index contributed by atoms with van der Waals surface area (Å²) in [4.78, 5) is 12.8. The fourth-order valence-electron chi connectivity index (χ4n) is 2.40. The first-order valence-electron chi connectivity index (χ1n) is 6.58. The van der Waals surface area contributed by atoms with Gasteiger partial charge in [-0.05, 0) is 35.9 Å². The number of hydrogen-bond acceptors (Lipinski definition) is 3. The summed E-state index contributed by atoms with van der Waals surface area (Å²) in [6.07, 6.45) is 0. The average molecular weight is 318 g/mol. The summed E-state index contributed by atoms with van der Waals surface area (Å²) in [6.45, 7) is 0. The van der Waals surface area contributed by atoms with Gasteiger partial charge in [0.05, 0.1) is 16.4 Å². The second-order valence-electron chi connectivity index (χ2n) is 4.89. The van der Waals surface area contributed by atoms with Crippen LogP contribution < -0.4 is 0 Å². The van der Waals surface area contributed by atoms with Crippen LogP contribution in [0, 0.1) is 0 Å². The Balaban J connectivity index is 1.74. The molecule has 0 amide bonds. The van der Waals surface area contributed by atoms with E-state index in [0.717, 1.165) is 5.75 Å². The molecule has 2 atom stereocenters. The zero-order valence-corrected chi connectivity index (χ0v) is 12.8. The molecule has 0 saturated carbocycles. The van der Waals surface area contributed by atoms with Crippen LogP contribution in [0.5, 0.6) is 0 Å². The Labute approximate surface area is 129 Å². The summed E-state index contributed by atoms with van der Waals surface area (Å²) >= 11 is 1.81. The molecule has 0 aliphatic carbocycles. The fraction of sp³-hybridized carbons (Fsp3) is 0.188. The SMILES string of the molecule is O=C(O)c1ccc(S(=O)CC2CSc3ccccc32)cc1. The maximum absolute atomic E-state index is 12.4. The van der Waals surface area contributed by atoms with Gasteiger partial charge in [0.15, 0.2) is 0 Å². The summed E-state index contributed by atoms with van der Waals surface area (Å²) in [5, 5.41) is 8.87. The lowest BCUT2D eigenvalue weighted by Gasteiger charge is -2.10. The van der Waals surface area contributed by atoms with Gasteiger partial charge >= 0.3 is 5.97 Å². The van der Waals surface area contributed by atoms with Crippen molar-refractivity contribution in [3.05, 3.63) is 59.7 Å². The van der Waals surface area contributed by atoms with Crippen molar-refractivity contribution in [2.75, 3.05) is 11.5 Å². The van der Waals surface area contributed by atoms with Crippen molar-refractivity contribution in [2.24, 2.45) is 0 Å². The molecule has 3 nitrogen and oxygen atoms in total. The van der Waals surface area contributed by atoms with Crippen molar-refractivity contribution in [2.45, 2.75) is 15.7 Å². The van der Waals surface area contributed by atoms with Crippen LogP contribution in [0.25, 0.3) is 0 Å². The normalized spacial score (nSPS) is 18.2. The number of carboxylic acid groups (broad SMARTS) is 1. The minimum Gasteiger partial charge on any atom is -0.478 e. The Morgan fingerprint density at radius 2 is 1.90 bits per heavy atom. The van der Waals surface area contributed by atoms with E-state index in [9.17, 15) is 9.00 Å². The molecule has 2 aromatic rings. The van der Waals surface area contributed by atoms with Gasteiger partial charge in [0.2, 0.25) is 0 Å². The third-order valence-corrected chi connectivity index (χ3v) is 6.27. The van der Waals surface area contributed by atoms with Crippen LogP contribution in [0.3, 0.4) is 0 Å². The molecular formula is C16H14O3S2. The first-order valence-corrected chi connectivity index (χ1v) is 8.89. The van der Waals surface area contributed by atoms with E-state index in [2.05, 4.69) is 12.1 Å². The van der Waals surface area contributed by atoms with Crippen molar-refractivity contribution in [1.29, 1.82) is 0 Å².